The number of hydrogen-bond acceptors (Lipinski definition) is 4. The van der Waals surface area contributed by atoms with Gasteiger partial charge in [-0.3, -0.25) is 4.79 Å². The van der Waals surface area contributed by atoms with Crippen molar-refractivity contribution in [3.63, 3.8) is 0 Å². The Bertz CT molecular complexity index is 478. The fourth-order valence-electron chi connectivity index (χ4n) is 1.25. The average Bonchev–Trinajstić information content (AvgIpc) is 2.60. The van der Waals surface area contributed by atoms with Gasteiger partial charge in [-0.1, -0.05) is 17.3 Å². The van der Waals surface area contributed by atoms with Crippen LogP contribution in [0.2, 0.25) is 0 Å². The third-order valence-corrected chi connectivity index (χ3v) is 1.97. The number of hydrogen-bond donors (Lipinski definition) is 2. The van der Waals surface area contributed by atoms with Gasteiger partial charge in [0.15, 0.2) is 11.6 Å². The van der Waals surface area contributed by atoms with E-state index in [1.807, 2.05) is 0 Å². The van der Waals surface area contributed by atoms with E-state index in [9.17, 15) is 4.79 Å². The molecule has 0 bridgehead atoms. The third kappa shape index (κ3) is 1.23. The second-order valence-electron chi connectivity index (χ2n) is 2.88. The molecule has 2 aromatic rings. The third-order valence-electron chi connectivity index (χ3n) is 1.97. The Labute approximate surface area is 79.1 Å². The van der Waals surface area contributed by atoms with E-state index in [4.69, 9.17) is 15.4 Å². The smallest absolute Gasteiger partial charge is 0.326 e. The first-order valence-electron chi connectivity index (χ1n) is 4.03. The molecule has 2 rings (SSSR count). The lowest BCUT2D eigenvalue weighted by molar-refractivity contribution is -0.138. The van der Waals surface area contributed by atoms with E-state index >= 15 is 0 Å². The number of carbonyl (C=O) groups is 1. The topological polar surface area (TPSA) is 89.4 Å². The molecule has 1 atom stereocenters. The van der Waals surface area contributed by atoms with Gasteiger partial charge >= 0.3 is 5.97 Å². The van der Waals surface area contributed by atoms with Crippen molar-refractivity contribution in [2.24, 2.45) is 5.73 Å². The minimum atomic E-state index is -1.14. The van der Waals surface area contributed by atoms with E-state index in [0.717, 1.165) is 0 Å². The Morgan fingerprint density at radius 3 is 2.93 bits per heavy atom. The van der Waals surface area contributed by atoms with E-state index < -0.39 is 12.0 Å². The summed E-state index contributed by atoms with van der Waals surface area (Å²) < 4.78 is 4.93. The maximum Gasteiger partial charge on any atom is 0.326 e. The number of para-hydroxylation sites is 1. The Kier molecular flexibility index (Phi) is 1.94. The molecule has 0 aliphatic heterocycles. The molecular weight excluding hydrogens is 184 g/mol. The molecule has 5 heteroatoms. The monoisotopic (exact) mass is 192 g/mol. The van der Waals surface area contributed by atoms with Crippen molar-refractivity contribution < 1.29 is 14.4 Å². The lowest BCUT2D eigenvalue weighted by Gasteiger charge is -2.00. The molecule has 0 radical (unpaired) electrons. The van der Waals surface area contributed by atoms with E-state index in [1.54, 1.807) is 24.3 Å². The fraction of sp³-hybridized carbons (Fsp3) is 0.111. The van der Waals surface area contributed by atoms with Gasteiger partial charge in [0.1, 0.15) is 5.69 Å². The van der Waals surface area contributed by atoms with Crippen molar-refractivity contribution in [3.05, 3.63) is 30.0 Å². The lowest BCUT2D eigenvalue weighted by atomic mass is 10.1. The summed E-state index contributed by atoms with van der Waals surface area (Å²) in [5, 5.41) is 13.0. The summed E-state index contributed by atoms with van der Waals surface area (Å²) in [6.07, 6.45) is 0. The molecule has 0 saturated carbocycles. The predicted molar refractivity (Wildman–Crippen MR) is 48.6 cm³/mol. The molecule has 0 aliphatic carbocycles. The van der Waals surface area contributed by atoms with Crippen molar-refractivity contribution >= 4 is 16.9 Å². The summed E-state index contributed by atoms with van der Waals surface area (Å²) in [5.74, 6) is -1.12. The summed E-state index contributed by atoms with van der Waals surface area (Å²) in [6.45, 7) is 0. The maximum atomic E-state index is 10.6. The number of nitrogens with zero attached hydrogens (tertiary/aromatic N) is 1. The Hall–Kier alpha value is -1.88. The van der Waals surface area contributed by atoms with E-state index in [0.29, 0.717) is 11.0 Å². The Balaban J connectivity index is 2.58. The summed E-state index contributed by atoms with van der Waals surface area (Å²) in [6, 6.07) is 5.85. The van der Waals surface area contributed by atoms with Crippen LogP contribution < -0.4 is 5.73 Å². The molecule has 72 valence electrons. The first-order chi connectivity index (χ1) is 6.70. The van der Waals surface area contributed by atoms with Gasteiger partial charge in [-0.2, -0.15) is 0 Å². The van der Waals surface area contributed by atoms with Gasteiger partial charge in [-0.25, -0.2) is 0 Å². The molecule has 0 fully saturated rings. The van der Waals surface area contributed by atoms with Gasteiger partial charge in [-0.05, 0) is 12.1 Å². The second-order valence-corrected chi connectivity index (χ2v) is 2.88. The molecule has 1 aromatic carbocycles. The van der Waals surface area contributed by atoms with Crippen LogP contribution in [0.15, 0.2) is 28.8 Å². The maximum absolute atomic E-state index is 10.6. The number of carboxylic acid groups (broad SMARTS) is 1. The van der Waals surface area contributed by atoms with Crippen LogP contribution in [0.25, 0.3) is 11.0 Å². The summed E-state index contributed by atoms with van der Waals surface area (Å²) in [4.78, 5) is 10.6. The molecule has 3 N–H and O–H groups in total. The van der Waals surface area contributed by atoms with Gasteiger partial charge in [-0.15, -0.1) is 0 Å². The van der Waals surface area contributed by atoms with Crippen LogP contribution in [0.3, 0.4) is 0 Å². The first-order valence-corrected chi connectivity index (χ1v) is 4.03. The van der Waals surface area contributed by atoms with Crippen LogP contribution >= 0.6 is 0 Å². The van der Waals surface area contributed by atoms with Crippen LogP contribution in [-0.2, 0) is 4.79 Å². The largest absolute Gasteiger partial charge is 0.480 e. The van der Waals surface area contributed by atoms with Gasteiger partial charge < -0.3 is 15.4 Å². The summed E-state index contributed by atoms with van der Waals surface area (Å²) in [5.41, 5.74) is 6.22. The first kappa shape index (κ1) is 8.71. The zero-order valence-electron chi connectivity index (χ0n) is 7.18. The molecule has 0 amide bonds. The van der Waals surface area contributed by atoms with Gasteiger partial charge in [0.2, 0.25) is 0 Å². The van der Waals surface area contributed by atoms with Gasteiger partial charge in [0.05, 0.1) is 0 Å². The van der Waals surface area contributed by atoms with Crippen molar-refractivity contribution in [1.29, 1.82) is 0 Å². The summed E-state index contributed by atoms with van der Waals surface area (Å²) in [7, 11) is 0. The zero-order chi connectivity index (χ0) is 10.1. The quantitative estimate of drug-likeness (QED) is 0.738. The molecule has 0 saturated heterocycles. The van der Waals surface area contributed by atoms with Gasteiger partial charge in [0, 0.05) is 5.39 Å². The number of fused-ring (bicyclic) bond motifs is 1. The van der Waals surface area contributed by atoms with Crippen molar-refractivity contribution in [1.82, 2.24) is 5.16 Å². The van der Waals surface area contributed by atoms with Crippen molar-refractivity contribution in [2.45, 2.75) is 6.04 Å². The molecule has 14 heavy (non-hydrogen) atoms. The highest BCUT2D eigenvalue weighted by Gasteiger charge is 2.21. The number of aromatic nitrogens is 1. The van der Waals surface area contributed by atoms with E-state index in [1.165, 1.54) is 0 Å². The summed E-state index contributed by atoms with van der Waals surface area (Å²) >= 11 is 0. The average molecular weight is 192 g/mol. The number of aliphatic carboxylic acids is 1. The van der Waals surface area contributed by atoms with Crippen LogP contribution in [-0.4, -0.2) is 16.2 Å². The van der Waals surface area contributed by atoms with Gasteiger partial charge in [0.25, 0.3) is 0 Å². The number of carboxylic acids is 1. The minimum absolute atomic E-state index is 0.258. The van der Waals surface area contributed by atoms with E-state index in [-0.39, 0.29) is 5.69 Å². The van der Waals surface area contributed by atoms with Crippen LogP contribution in [0.1, 0.15) is 11.7 Å². The molecule has 1 unspecified atom stereocenters. The lowest BCUT2D eigenvalue weighted by Crippen LogP contribution is -2.21. The molecular formula is C9H8N2O3. The number of nitrogens with two attached hydrogens (primary N) is 1. The predicted octanol–water partition coefficient (Wildman–Crippen LogP) is 0.912. The van der Waals surface area contributed by atoms with Crippen LogP contribution in [0.5, 0.6) is 0 Å². The molecule has 1 heterocycles. The zero-order valence-corrected chi connectivity index (χ0v) is 7.18. The Morgan fingerprint density at radius 2 is 2.21 bits per heavy atom. The number of benzene rings is 1. The molecule has 0 spiro atoms. The highest BCUT2D eigenvalue weighted by molar-refractivity contribution is 5.85. The molecule has 5 nitrogen and oxygen atoms in total. The Morgan fingerprint density at radius 1 is 1.50 bits per heavy atom. The van der Waals surface area contributed by atoms with Crippen molar-refractivity contribution in [2.75, 3.05) is 0 Å². The standard InChI is InChI=1S/C9H8N2O3/c10-7(9(12)13)8-5-3-1-2-4-6(5)14-11-8/h1-4,7H,10H2,(H,12,13). The van der Waals surface area contributed by atoms with Crippen molar-refractivity contribution in [3.8, 4) is 0 Å². The normalized spacial score (nSPS) is 12.9. The second kappa shape index (κ2) is 3.12. The molecule has 1 aromatic heterocycles. The van der Waals surface area contributed by atoms with Crippen LogP contribution in [0, 0.1) is 0 Å². The highest BCUT2D eigenvalue weighted by atomic mass is 16.5. The SMILES string of the molecule is NC(C(=O)O)c1noc2ccccc12. The van der Waals surface area contributed by atoms with E-state index in [2.05, 4.69) is 5.16 Å². The fourth-order valence-corrected chi connectivity index (χ4v) is 1.25. The number of rotatable bonds is 2. The van der Waals surface area contributed by atoms with Crippen LogP contribution in [0.4, 0.5) is 0 Å². The minimum Gasteiger partial charge on any atom is -0.480 e. The highest BCUT2D eigenvalue weighted by Crippen LogP contribution is 2.21. The molecule has 0 aliphatic rings.